The Labute approximate surface area is 252 Å². The van der Waals surface area contributed by atoms with Crippen molar-refractivity contribution in [1.29, 1.82) is 0 Å². The molecular formula is C33H55F4N5. The number of nitrogens with one attached hydrogen (secondary N) is 2. The Balaban J connectivity index is 0. The predicted molar refractivity (Wildman–Crippen MR) is 175 cm³/mol. The number of aromatic amines is 1. The third-order valence-corrected chi connectivity index (χ3v) is 5.59. The molecule has 0 saturated heterocycles. The van der Waals surface area contributed by atoms with E-state index in [1.165, 1.54) is 37.9 Å². The summed E-state index contributed by atoms with van der Waals surface area (Å²) >= 11 is 0. The molecule has 5 nitrogen and oxygen atoms in total. The van der Waals surface area contributed by atoms with Crippen LogP contribution in [-0.2, 0) is 0 Å². The number of benzene rings is 1. The first-order valence-corrected chi connectivity index (χ1v) is 15.4. The van der Waals surface area contributed by atoms with E-state index < -0.39 is 18.4 Å². The molecule has 240 valence electrons. The summed E-state index contributed by atoms with van der Waals surface area (Å²) in [7, 11) is 0. The molecule has 0 radical (unpaired) electrons. The van der Waals surface area contributed by atoms with Crippen LogP contribution in [-0.4, -0.2) is 33.4 Å². The molecular weight excluding hydrogens is 542 g/mol. The molecule has 1 aromatic carbocycles. The summed E-state index contributed by atoms with van der Waals surface area (Å²) in [5, 5.41) is 3.19. The van der Waals surface area contributed by atoms with Crippen LogP contribution in [0.1, 0.15) is 114 Å². The second-order valence-electron chi connectivity index (χ2n) is 9.32. The van der Waals surface area contributed by atoms with Gasteiger partial charge in [0.2, 0.25) is 5.95 Å². The zero-order valence-corrected chi connectivity index (χ0v) is 28.0. The van der Waals surface area contributed by atoms with E-state index in [2.05, 4.69) is 46.0 Å². The van der Waals surface area contributed by atoms with Gasteiger partial charge in [0.15, 0.2) is 0 Å². The van der Waals surface area contributed by atoms with Crippen molar-refractivity contribution in [2.75, 3.05) is 11.9 Å². The van der Waals surface area contributed by atoms with Gasteiger partial charge in [-0.3, -0.25) is 4.99 Å². The van der Waals surface area contributed by atoms with Crippen LogP contribution in [0.2, 0.25) is 0 Å². The van der Waals surface area contributed by atoms with Crippen molar-refractivity contribution in [3.8, 4) is 11.1 Å². The van der Waals surface area contributed by atoms with Crippen molar-refractivity contribution in [3.05, 3.63) is 35.9 Å². The highest BCUT2D eigenvalue weighted by molar-refractivity contribution is 5.94. The fourth-order valence-corrected chi connectivity index (χ4v) is 3.93. The summed E-state index contributed by atoms with van der Waals surface area (Å²) in [6.07, 6.45) is 3.46. The first kappa shape index (κ1) is 41.2. The number of hydrogen-bond donors (Lipinski definition) is 2. The maximum Gasteiger partial charge on any atom is 0.390 e. The van der Waals surface area contributed by atoms with Crippen molar-refractivity contribution in [2.24, 2.45) is 10.9 Å². The molecule has 2 N–H and O–H groups in total. The molecule has 0 amide bonds. The molecule has 0 unspecified atom stereocenters. The van der Waals surface area contributed by atoms with Gasteiger partial charge in [0, 0.05) is 35.6 Å². The fourth-order valence-electron chi connectivity index (χ4n) is 3.93. The van der Waals surface area contributed by atoms with Crippen molar-refractivity contribution < 1.29 is 17.6 Å². The lowest BCUT2D eigenvalue weighted by Crippen LogP contribution is -2.15. The quantitative estimate of drug-likeness (QED) is 0.190. The van der Waals surface area contributed by atoms with Crippen LogP contribution in [0.4, 0.5) is 29.2 Å². The van der Waals surface area contributed by atoms with Gasteiger partial charge in [0.1, 0.15) is 17.2 Å². The van der Waals surface area contributed by atoms with E-state index in [0.29, 0.717) is 33.4 Å². The molecule has 3 aromatic rings. The van der Waals surface area contributed by atoms with E-state index in [9.17, 15) is 17.6 Å². The van der Waals surface area contributed by atoms with Crippen LogP contribution < -0.4 is 5.32 Å². The minimum absolute atomic E-state index is 0.0932. The predicted octanol–water partition coefficient (Wildman–Crippen LogP) is 11.9. The highest BCUT2D eigenvalue weighted by Gasteiger charge is 2.26. The van der Waals surface area contributed by atoms with Crippen molar-refractivity contribution in [1.82, 2.24) is 15.0 Å². The summed E-state index contributed by atoms with van der Waals surface area (Å²) in [6.45, 7) is 23.9. The number of alkyl halides is 3. The third kappa shape index (κ3) is 15.3. The molecule has 0 aliphatic rings. The van der Waals surface area contributed by atoms with Crippen LogP contribution >= 0.6 is 0 Å². The number of anilines is 1. The third-order valence-electron chi connectivity index (χ3n) is 5.59. The second kappa shape index (κ2) is 22.6. The molecule has 2 heterocycles. The van der Waals surface area contributed by atoms with E-state index in [4.69, 9.17) is 0 Å². The number of rotatable bonds is 9. The lowest BCUT2D eigenvalue weighted by molar-refractivity contribution is -0.131. The maximum atomic E-state index is 14.5. The lowest BCUT2D eigenvalue weighted by Gasteiger charge is -2.08. The Bertz CT molecular complexity index is 1120. The fraction of sp³-hybridized carbons (Fsp3) is 0.606. The highest BCUT2D eigenvalue weighted by Crippen LogP contribution is 2.33. The number of hydrogen-bond acceptors (Lipinski definition) is 4. The summed E-state index contributed by atoms with van der Waals surface area (Å²) in [5.41, 5.74) is 3.52. The van der Waals surface area contributed by atoms with E-state index in [1.807, 2.05) is 47.6 Å². The maximum absolute atomic E-state index is 14.5. The molecule has 0 fully saturated rings. The number of H-pyrrole nitrogens is 1. The van der Waals surface area contributed by atoms with Gasteiger partial charge in [-0.1, -0.05) is 88.0 Å². The molecule has 9 heteroatoms. The summed E-state index contributed by atoms with van der Waals surface area (Å²) < 4.78 is 51.2. The van der Waals surface area contributed by atoms with Crippen LogP contribution in [0.15, 0.2) is 29.5 Å². The average Bonchev–Trinajstić information content (AvgIpc) is 3.37. The second-order valence-corrected chi connectivity index (χ2v) is 9.32. The smallest absolute Gasteiger partial charge is 0.354 e. The number of fused-ring (bicyclic) bond motifs is 1. The van der Waals surface area contributed by atoms with Gasteiger partial charge in [-0.15, -0.1) is 0 Å². The monoisotopic (exact) mass is 597 g/mol. The Hall–Kier alpha value is -2.97. The summed E-state index contributed by atoms with van der Waals surface area (Å²) in [5.74, 6) is 0.623. The van der Waals surface area contributed by atoms with Gasteiger partial charge >= 0.3 is 6.18 Å². The molecule has 2 aromatic heterocycles. The standard InChI is InChI=1S/C19H19F4N5.C8H18.3C2H6/c1-10(2)27-16-11(3)6-12(7-15(16)20)13-8-25-17-14(13)9-26-18(28-17)24-5-4-19(21,22)23;1-4-6-8(3)7-5-2;3*1-2/h6-9H,4-5H2,1-3H3,(H2,24,25,26,28);8H,4-7H2,1-3H3;3*1-2H3. The largest absolute Gasteiger partial charge is 0.390 e. The molecule has 0 atom stereocenters. The van der Waals surface area contributed by atoms with E-state index in [1.54, 1.807) is 27.0 Å². The minimum Gasteiger partial charge on any atom is -0.354 e. The van der Waals surface area contributed by atoms with Crippen molar-refractivity contribution in [3.63, 3.8) is 0 Å². The first-order chi connectivity index (χ1) is 19.9. The molecule has 0 saturated carbocycles. The SMILES string of the molecule is CC.CC.CC.CC(C)=Nc1c(C)cc(-c2c[nH]c3nc(NCCC(F)(F)F)ncc23)cc1F.CCCC(C)CCC. The average molecular weight is 598 g/mol. The number of aryl methyl sites for hydroxylation is 1. The Kier molecular flexibility index (Phi) is 22.2. The van der Waals surface area contributed by atoms with Crippen molar-refractivity contribution >= 4 is 28.4 Å². The number of nitrogens with zero attached hydrogens (tertiary/aromatic N) is 3. The van der Waals surface area contributed by atoms with E-state index in [-0.39, 0.29) is 12.5 Å². The summed E-state index contributed by atoms with van der Waals surface area (Å²) in [6, 6.07) is 3.22. The van der Waals surface area contributed by atoms with Crippen LogP contribution in [0, 0.1) is 18.7 Å². The molecule has 0 aliphatic heterocycles. The van der Waals surface area contributed by atoms with Gasteiger partial charge in [0.05, 0.1) is 6.42 Å². The van der Waals surface area contributed by atoms with Crippen molar-refractivity contribution in [2.45, 2.75) is 121 Å². The highest BCUT2D eigenvalue weighted by atomic mass is 19.4. The van der Waals surface area contributed by atoms with Gasteiger partial charge in [-0.05, 0) is 49.9 Å². The normalized spacial score (nSPS) is 10.2. The summed E-state index contributed by atoms with van der Waals surface area (Å²) in [4.78, 5) is 15.4. The number of halogens is 4. The van der Waals surface area contributed by atoms with Crippen LogP contribution in [0.5, 0.6) is 0 Å². The minimum atomic E-state index is -4.24. The van der Waals surface area contributed by atoms with Gasteiger partial charge < -0.3 is 10.3 Å². The Morgan fingerprint density at radius 3 is 2.05 bits per heavy atom. The first-order valence-electron chi connectivity index (χ1n) is 15.4. The lowest BCUT2D eigenvalue weighted by atomic mass is 10.0. The molecule has 0 spiro atoms. The Morgan fingerprint density at radius 2 is 1.57 bits per heavy atom. The van der Waals surface area contributed by atoms with Gasteiger partial charge in [-0.2, -0.15) is 18.2 Å². The zero-order valence-electron chi connectivity index (χ0n) is 28.0. The number of aliphatic imine (C=N–C) groups is 1. The zero-order chi connectivity index (χ0) is 32.9. The van der Waals surface area contributed by atoms with Gasteiger partial charge in [-0.25, -0.2) is 9.37 Å². The van der Waals surface area contributed by atoms with E-state index in [0.717, 1.165) is 11.6 Å². The van der Waals surface area contributed by atoms with Crippen LogP contribution in [0.3, 0.4) is 0 Å². The molecule has 0 aliphatic carbocycles. The number of aromatic nitrogens is 3. The molecule has 3 rings (SSSR count). The topological polar surface area (TPSA) is 66.0 Å². The van der Waals surface area contributed by atoms with Crippen LogP contribution in [0.25, 0.3) is 22.2 Å². The Morgan fingerprint density at radius 1 is 1.00 bits per heavy atom. The molecule has 0 bridgehead atoms. The van der Waals surface area contributed by atoms with Gasteiger partial charge in [0.25, 0.3) is 0 Å². The molecule has 42 heavy (non-hydrogen) atoms. The van der Waals surface area contributed by atoms with E-state index >= 15 is 0 Å².